The maximum absolute atomic E-state index is 12.0. The third-order valence-electron chi connectivity index (χ3n) is 2.94. The lowest BCUT2D eigenvalue weighted by Gasteiger charge is -2.31. The molecule has 2 N–H and O–H groups in total. The minimum atomic E-state index is -0.341. The van der Waals surface area contributed by atoms with Crippen molar-refractivity contribution >= 4 is 27.5 Å². The van der Waals surface area contributed by atoms with Crippen molar-refractivity contribution in [1.82, 2.24) is 0 Å². The van der Waals surface area contributed by atoms with Gasteiger partial charge in [-0.25, -0.2) is 0 Å². The first-order chi connectivity index (χ1) is 7.59. The Morgan fingerprint density at radius 2 is 2.25 bits per heavy atom. The summed E-state index contributed by atoms with van der Waals surface area (Å²) in [5.74, 6) is 0.0347. The lowest BCUT2D eigenvalue weighted by atomic mass is 10.0. The molecule has 1 saturated heterocycles. The predicted octanol–water partition coefficient (Wildman–Crippen LogP) is 2.21. The summed E-state index contributed by atoms with van der Waals surface area (Å²) in [7, 11) is 0. The second kappa shape index (κ2) is 4.55. The van der Waals surface area contributed by atoms with Crippen molar-refractivity contribution in [3.8, 4) is 0 Å². The molecule has 3 nitrogen and oxygen atoms in total. The Balaban J connectivity index is 2.35. The molecule has 16 heavy (non-hydrogen) atoms. The molecule has 0 bridgehead atoms. The van der Waals surface area contributed by atoms with Gasteiger partial charge in [-0.15, -0.1) is 0 Å². The molecule has 1 heterocycles. The number of nitrogens with zero attached hydrogens (tertiary/aromatic N) is 1. The topological polar surface area (TPSA) is 46.3 Å². The van der Waals surface area contributed by atoms with Crippen LogP contribution in [-0.2, 0) is 4.79 Å². The van der Waals surface area contributed by atoms with Gasteiger partial charge in [-0.1, -0.05) is 22.0 Å². The van der Waals surface area contributed by atoms with E-state index in [0.717, 1.165) is 35.1 Å². The number of aryl methyl sites for hydroxylation is 1. The second-order valence-electron chi connectivity index (χ2n) is 4.17. The largest absolute Gasteiger partial charge is 0.320 e. The van der Waals surface area contributed by atoms with Crippen molar-refractivity contribution in [3.05, 3.63) is 28.2 Å². The number of carbonyl (C=O) groups excluding carboxylic acids is 1. The van der Waals surface area contributed by atoms with Gasteiger partial charge in [0.25, 0.3) is 0 Å². The van der Waals surface area contributed by atoms with E-state index in [1.54, 1.807) is 4.90 Å². The summed E-state index contributed by atoms with van der Waals surface area (Å²) in [6.07, 6.45) is 1.77. The van der Waals surface area contributed by atoms with E-state index in [1.807, 2.05) is 25.1 Å². The number of nitrogens with two attached hydrogens (primary N) is 1. The van der Waals surface area contributed by atoms with E-state index < -0.39 is 0 Å². The van der Waals surface area contributed by atoms with Crippen LogP contribution in [0.3, 0.4) is 0 Å². The van der Waals surface area contributed by atoms with Gasteiger partial charge >= 0.3 is 0 Å². The van der Waals surface area contributed by atoms with Crippen molar-refractivity contribution in [2.45, 2.75) is 25.8 Å². The predicted molar refractivity (Wildman–Crippen MR) is 68.4 cm³/mol. The highest BCUT2D eigenvalue weighted by Gasteiger charge is 2.27. The molecule has 1 aliphatic heterocycles. The Kier molecular flexibility index (Phi) is 3.30. The number of piperidine rings is 1. The molecule has 4 heteroatoms. The number of hydrogen-bond donors (Lipinski definition) is 1. The van der Waals surface area contributed by atoms with E-state index in [0.29, 0.717) is 0 Å². The molecule has 2 rings (SSSR count). The molecule has 1 amide bonds. The third kappa shape index (κ3) is 2.13. The molecular formula is C12H15BrN2O. The Hall–Kier alpha value is -0.870. The monoisotopic (exact) mass is 282 g/mol. The summed E-state index contributed by atoms with van der Waals surface area (Å²) in [5, 5.41) is 0. The molecule has 0 spiro atoms. The SMILES string of the molecule is Cc1ccc(Br)cc1N1CCCC(N)C1=O. The molecule has 0 radical (unpaired) electrons. The molecule has 1 unspecified atom stereocenters. The van der Waals surface area contributed by atoms with Crippen LogP contribution in [0, 0.1) is 6.92 Å². The van der Waals surface area contributed by atoms with E-state index in [1.165, 1.54) is 0 Å². The number of anilines is 1. The zero-order valence-corrected chi connectivity index (χ0v) is 10.8. The standard InChI is InChI=1S/C12H15BrN2O/c1-8-4-5-9(13)7-11(8)15-6-2-3-10(14)12(15)16/h4-5,7,10H,2-3,6,14H2,1H3. The van der Waals surface area contributed by atoms with E-state index >= 15 is 0 Å². The zero-order chi connectivity index (χ0) is 11.7. The Labute approximate surface area is 104 Å². The van der Waals surface area contributed by atoms with E-state index in [4.69, 9.17) is 5.73 Å². The van der Waals surface area contributed by atoms with Gasteiger partial charge in [0.2, 0.25) is 5.91 Å². The van der Waals surface area contributed by atoms with Crippen molar-refractivity contribution in [2.24, 2.45) is 5.73 Å². The highest BCUT2D eigenvalue weighted by molar-refractivity contribution is 9.10. The summed E-state index contributed by atoms with van der Waals surface area (Å²) in [4.78, 5) is 13.8. The Morgan fingerprint density at radius 3 is 3.00 bits per heavy atom. The average Bonchev–Trinajstić information content (AvgIpc) is 2.26. The molecule has 0 aliphatic carbocycles. The van der Waals surface area contributed by atoms with E-state index in [2.05, 4.69) is 15.9 Å². The van der Waals surface area contributed by atoms with Crippen molar-refractivity contribution in [1.29, 1.82) is 0 Å². The number of benzene rings is 1. The highest BCUT2D eigenvalue weighted by atomic mass is 79.9. The maximum atomic E-state index is 12.0. The summed E-state index contributed by atoms with van der Waals surface area (Å²) in [5.41, 5.74) is 7.86. The number of rotatable bonds is 1. The molecule has 1 aliphatic rings. The van der Waals surface area contributed by atoms with Gasteiger partial charge in [-0.3, -0.25) is 4.79 Å². The van der Waals surface area contributed by atoms with Gasteiger partial charge in [0.1, 0.15) is 0 Å². The summed E-state index contributed by atoms with van der Waals surface area (Å²) in [6.45, 7) is 2.78. The van der Waals surface area contributed by atoms with Crippen LogP contribution in [0.5, 0.6) is 0 Å². The first kappa shape index (κ1) is 11.6. The van der Waals surface area contributed by atoms with Crippen LogP contribution in [0.1, 0.15) is 18.4 Å². The summed E-state index contributed by atoms with van der Waals surface area (Å²) in [6, 6.07) is 5.62. The van der Waals surface area contributed by atoms with Gasteiger partial charge in [-0.2, -0.15) is 0 Å². The first-order valence-electron chi connectivity index (χ1n) is 5.42. The number of amides is 1. The van der Waals surface area contributed by atoms with Crippen LogP contribution in [-0.4, -0.2) is 18.5 Å². The maximum Gasteiger partial charge on any atom is 0.243 e. The van der Waals surface area contributed by atoms with E-state index in [-0.39, 0.29) is 11.9 Å². The van der Waals surface area contributed by atoms with Gasteiger partial charge in [0.05, 0.1) is 6.04 Å². The van der Waals surface area contributed by atoms with Gasteiger partial charge < -0.3 is 10.6 Å². The first-order valence-corrected chi connectivity index (χ1v) is 6.22. The molecule has 1 fully saturated rings. The molecule has 1 atom stereocenters. The fraction of sp³-hybridized carbons (Fsp3) is 0.417. The van der Waals surface area contributed by atoms with Crippen LogP contribution in [0.15, 0.2) is 22.7 Å². The van der Waals surface area contributed by atoms with Crippen LogP contribution in [0.25, 0.3) is 0 Å². The fourth-order valence-corrected chi connectivity index (χ4v) is 2.36. The van der Waals surface area contributed by atoms with Gasteiger partial charge in [0.15, 0.2) is 0 Å². The number of halogens is 1. The molecule has 1 aromatic rings. The minimum Gasteiger partial charge on any atom is -0.320 e. The lowest BCUT2D eigenvalue weighted by Crippen LogP contribution is -2.48. The van der Waals surface area contributed by atoms with Gasteiger partial charge in [-0.05, 0) is 37.5 Å². The molecule has 0 saturated carbocycles. The van der Waals surface area contributed by atoms with Crippen molar-refractivity contribution < 1.29 is 4.79 Å². The Morgan fingerprint density at radius 1 is 1.50 bits per heavy atom. The quantitative estimate of drug-likeness (QED) is 0.859. The molecular weight excluding hydrogens is 268 g/mol. The third-order valence-corrected chi connectivity index (χ3v) is 3.44. The zero-order valence-electron chi connectivity index (χ0n) is 9.24. The fourth-order valence-electron chi connectivity index (χ4n) is 2.02. The van der Waals surface area contributed by atoms with Crippen LogP contribution < -0.4 is 10.6 Å². The molecule has 86 valence electrons. The van der Waals surface area contributed by atoms with E-state index in [9.17, 15) is 4.79 Å². The Bertz CT molecular complexity index is 419. The van der Waals surface area contributed by atoms with Crippen LogP contribution in [0.2, 0.25) is 0 Å². The smallest absolute Gasteiger partial charge is 0.243 e. The molecule has 1 aromatic carbocycles. The summed E-state index contributed by atoms with van der Waals surface area (Å²) < 4.78 is 0.986. The van der Waals surface area contributed by atoms with Crippen LogP contribution in [0.4, 0.5) is 5.69 Å². The lowest BCUT2D eigenvalue weighted by molar-refractivity contribution is -0.120. The normalized spacial score (nSPS) is 21.3. The number of hydrogen-bond acceptors (Lipinski definition) is 2. The van der Waals surface area contributed by atoms with Crippen molar-refractivity contribution in [3.63, 3.8) is 0 Å². The average molecular weight is 283 g/mol. The molecule has 0 aromatic heterocycles. The summed E-state index contributed by atoms with van der Waals surface area (Å²) >= 11 is 3.43. The minimum absolute atomic E-state index is 0.0347. The second-order valence-corrected chi connectivity index (χ2v) is 5.09. The van der Waals surface area contributed by atoms with Gasteiger partial charge in [0, 0.05) is 16.7 Å². The number of carbonyl (C=O) groups is 1. The van der Waals surface area contributed by atoms with Crippen LogP contribution >= 0.6 is 15.9 Å². The highest BCUT2D eigenvalue weighted by Crippen LogP contribution is 2.27. The van der Waals surface area contributed by atoms with Crippen molar-refractivity contribution in [2.75, 3.05) is 11.4 Å².